The van der Waals surface area contributed by atoms with E-state index >= 15 is 0 Å². The van der Waals surface area contributed by atoms with Gasteiger partial charge in [-0.2, -0.15) is 5.10 Å². The maximum absolute atomic E-state index is 12.4. The second-order valence-electron chi connectivity index (χ2n) is 7.43. The Morgan fingerprint density at radius 2 is 2.04 bits per heavy atom. The number of aromatic amines is 1. The molecule has 2 aromatic rings. The van der Waals surface area contributed by atoms with Crippen LogP contribution in [0.1, 0.15) is 62.2 Å². The van der Waals surface area contributed by atoms with Gasteiger partial charge in [0.1, 0.15) is 5.82 Å². The Morgan fingerprint density at radius 3 is 2.72 bits per heavy atom. The van der Waals surface area contributed by atoms with Gasteiger partial charge >= 0.3 is 0 Å². The van der Waals surface area contributed by atoms with E-state index in [2.05, 4.69) is 33.8 Å². The minimum atomic E-state index is 0.184. The van der Waals surface area contributed by atoms with E-state index < -0.39 is 0 Å². The first kappa shape index (κ1) is 16.4. The first-order valence-corrected chi connectivity index (χ1v) is 9.47. The highest BCUT2D eigenvalue weighted by atomic mass is 16.2. The minimum absolute atomic E-state index is 0.184. The lowest BCUT2D eigenvalue weighted by Gasteiger charge is -2.23. The zero-order chi connectivity index (χ0) is 17.6. The Labute approximate surface area is 148 Å². The lowest BCUT2D eigenvalue weighted by molar-refractivity contribution is -0.129. The van der Waals surface area contributed by atoms with Crippen LogP contribution in [0.2, 0.25) is 0 Å². The Kier molecular flexibility index (Phi) is 4.13. The summed E-state index contributed by atoms with van der Waals surface area (Å²) >= 11 is 0. The van der Waals surface area contributed by atoms with Gasteiger partial charge in [0.05, 0.1) is 17.6 Å². The van der Waals surface area contributed by atoms with Gasteiger partial charge in [-0.1, -0.05) is 12.8 Å². The van der Waals surface area contributed by atoms with Gasteiger partial charge in [0.2, 0.25) is 5.91 Å². The first-order valence-electron chi connectivity index (χ1n) is 9.47. The summed E-state index contributed by atoms with van der Waals surface area (Å²) in [5, 5.41) is 4.59. The van der Waals surface area contributed by atoms with Crippen LogP contribution in [0, 0.1) is 13.8 Å². The van der Waals surface area contributed by atoms with Gasteiger partial charge in [0.25, 0.3) is 0 Å². The molecule has 25 heavy (non-hydrogen) atoms. The van der Waals surface area contributed by atoms with Crippen LogP contribution in [-0.2, 0) is 11.3 Å². The standard InChI is InChI=1S/C19H27N5O/c1-4-24-13(3)18(12(2)22-24)16-10-20-19(21-16)14-9-17(25)23(11-14)15-7-5-6-8-15/h10,14-15H,4-9,11H2,1-3H3,(H,20,21). The SMILES string of the molecule is CCn1nc(C)c(-c2cnc(C3CC(=O)N(C4CCCC4)C3)[nH]2)c1C. The average Bonchev–Trinajstić information content (AvgIpc) is 3.34. The molecule has 1 N–H and O–H groups in total. The summed E-state index contributed by atoms with van der Waals surface area (Å²) in [6, 6.07) is 0.458. The van der Waals surface area contributed by atoms with Crippen LogP contribution in [0.4, 0.5) is 0 Å². The molecule has 4 rings (SSSR count). The molecule has 1 saturated heterocycles. The summed E-state index contributed by atoms with van der Waals surface area (Å²) in [5.74, 6) is 1.41. The highest BCUT2D eigenvalue weighted by Gasteiger charge is 2.37. The number of H-pyrrole nitrogens is 1. The summed E-state index contributed by atoms with van der Waals surface area (Å²) in [4.78, 5) is 22.6. The van der Waals surface area contributed by atoms with Gasteiger partial charge in [-0.25, -0.2) is 4.98 Å². The van der Waals surface area contributed by atoms with Gasteiger partial charge in [-0.05, 0) is 33.6 Å². The predicted octanol–water partition coefficient (Wildman–Crippen LogP) is 3.17. The summed E-state index contributed by atoms with van der Waals surface area (Å²) in [6.07, 6.45) is 7.31. The number of aromatic nitrogens is 4. The quantitative estimate of drug-likeness (QED) is 0.929. The van der Waals surface area contributed by atoms with Gasteiger partial charge in [-0.3, -0.25) is 9.48 Å². The molecule has 2 fully saturated rings. The van der Waals surface area contributed by atoms with E-state index in [1.54, 1.807) is 0 Å². The van der Waals surface area contributed by atoms with Crippen LogP contribution >= 0.6 is 0 Å². The number of hydrogen-bond donors (Lipinski definition) is 1. The van der Waals surface area contributed by atoms with Crippen LogP contribution in [-0.4, -0.2) is 43.1 Å². The molecule has 0 aromatic carbocycles. The second kappa shape index (κ2) is 6.32. The van der Waals surface area contributed by atoms with Crippen LogP contribution < -0.4 is 0 Å². The Bertz CT molecular complexity index is 784. The van der Waals surface area contributed by atoms with E-state index in [1.807, 2.05) is 17.8 Å². The fraction of sp³-hybridized carbons (Fsp3) is 0.632. The van der Waals surface area contributed by atoms with Crippen molar-refractivity contribution < 1.29 is 4.79 Å². The molecule has 0 spiro atoms. The number of carbonyl (C=O) groups excluding carboxylic acids is 1. The van der Waals surface area contributed by atoms with Gasteiger partial charge in [0, 0.05) is 42.7 Å². The van der Waals surface area contributed by atoms with Crippen molar-refractivity contribution in [3.63, 3.8) is 0 Å². The van der Waals surface area contributed by atoms with Crippen LogP contribution in [0.15, 0.2) is 6.20 Å². The molecule has 6 nitrogen and oxygen atoms in total. The topological polar surface area (TPSA) is 66.8 Å². The number of amides is 1. The molecule has 134 valence electrons. The van der Waals surface area contributed by atoms with Crippen LogP contribution in [0.3, 0.4) is 0 Å². The van der Waals surface area contributed by atoms with Crippen molar-refractivity contribution >= 4 is 5.91 Å². The summed E-state index contributed by atoms with van der Waals surface area (Å²) in [5.41, 5.74) is 4.32. The molecule has 6 heteroatoms. The minimum Gasteiger partial charge on any atom is -0.342 e. The third kappa shape index (κ3) is 2.77. The summed E-state index contributed by atoms with van der Waals surface area (Å²) in [6.45, 7) is 7.91. The maximum Gasteiger partial charge on any atom is 0.223 e. The number of nitrogens with one attached hydrogen (secondary N) is 1. The number of rotatable bonds is 4. The van der Waals surface area contributed by atoms with E-state index in [9.17, 15) is 4.79 Å². The summed E-state index contributed by atoms with van der Waals surface area (Å²) in [7, 11) is 0. The molecule has 2 aromatic heterocycles. The third-order valence-electron chi connectivity index (χ3n) is 5.86. The number of aryl methyl sites for hydroxylation is 2. The van der Waals surface area contributed by atoms with Crippen molar-refractivity contribution in [3.8, 4) is 11.3 Å². The van der Waals surface area contributed by atoms with Crippen LogP contribution in [0.25, 0.3) is 11.3 Å². The monoisotopic (exact) mass is 341 g/mol. The van der Waals surface area contributed by atoms with Crippen molar-refractivity contribution in [2.45, 2.75) is 71.4 Å². The maximum atomic E-state index is 12.4. The molecule has 1 saturated carbocycles. The summed E-state index contributed by atoms with van der Waals surface area (Å²) < 4.78 is 2.02. The van der Waals surface area contributed by atoms with Crippen molar-refractivity contribution in [3.05, 3.63) is 23.4 Å². The smallest absolute Gasteiger partial charge is 0.223 e. The highest BCUT2D eigenvalue weighted by Crippen LogP contribution is 2.34. The second-order valence-corrected chi connectivity index (χ2v) is 7.43. The van der Waals surface area contributed by atoms with E-state index in [0.29, 0.717) is 18.4 Å². The van der Waals surface area contributed by atoms with Gasteiger partial charge in [0.15, 0.2) is 0 Å². The molecule has 0 bridgehead atoms. The molecule has 1 atom stereocenters. The fourth-order valence-electron chi connectivity index (χ4n) is 4.55. The van der Waals surface area contributed by atoms with E-state index in [4.69, 9.17) is 0 Å². The third-order valence-corrected chi connectivity index (χ3v) is 5.86. The first-order chi connectivity index (χ1) is 12.1. The zero-order valence-electron chi connectivity index (χ0n) is 15.4. The Hall–Kier alpha value is -2.11. The van der Waals surface area contributed by atoms with E-state index in [-0.39, 0.29) is 5.92 Å². The number of nitrogens with zero attached hydrogens (tertiary/aromatic N) is 4. The molecular weight excluding hydrogens is 314 g/mol. The normalized spacial score (nSPS) is 21.6. The molecule has 3 heterocycles. The Balaban J connectivity index is 1.56. The number of carbonyl (C=O) groups is 1. The largest absolute Gasteiger partial charge is 0.342 e. The van der Waals surface area contributed by atoms with Gasteiger partial charge < -0.3 is 9.88 Å². The molecular formula is C19H27N5O. The molecule has 1 amide bonds. The molecule has 1 unspecified atom stereocenters. The van der Waals surface area contributed by atoms with Crippen molar-refractivity contribution in [1.82, 2.24) is 24.6 Å². The van der Waals surface area contributed by atoms with E-state index in [0.717, 1.165) is 54.4 Å². The number of imidazole rings is 1. The van der Waals surface area contributed by atoms with Crippen molar-refractivity contribution in [2.24, 2.45) is 0 Å². The lowest BCUT2D eigenvalue weighted by Crippen LogP contribution is -2.34. The highest BCUT2D eigenvalue weighted by molar-refractivity contribution is 5.80. The number of likely N-dealkylation sites (tertiary alicyclic amines) is 1. The predicted molar refractivity (Wildman–Crippen MR) is 96.3 cm³/mol. The molecule has 0 radical (unpaired) electrons. The van der Waals surface area contributed by atoms with E-state index in [1.165, 1.54) is 12.8 Å². The van der Waals surface area contributed by atoms with Gasteiger partial charge in [-0.15, -0.1) is 0 Å². The van der Waals surface area contributed by atoms with Crippen molar-refractivity contribution in [2.75, 3.05) is 6.54 Å². The molecule has 2 aliphatic rings. The van der Waals surface area contributed by atoms with Crippen molar-refractivity contribution in [1.29, 1.82) is 0 Å². The Morgan fingerprint density at radius 1 is 1.28 bits per heavy atom. The zero-order valence-corrected chi connectivity index (χ0v) is 15.4. The molecule has 1 aliphatic heterocycles. The lowest BCUT2D eigenvalue weighted by atomic mass is 10.1. The number of hydrogen-bond acceptors (Lipinski definition) is 3. The molecule has 1 aliphatic carbocycles. The average molecular weight is 341 g/mol. The fourth-order valence-corrected chi connectivity index (χ4v) is 4.55. The van der Waals surface area contributed by atoms with Crippen LogP contribution in [0.5, 0.6) is 0 Å².